The summed E-state index contributed by atoms with van der Waals surface area (Å²) in [7, 11) is 0. The molecule has 0 aliphatic carbocycles. The molecule has 28 heavy (non-hydrogen) atoms. The summed E-state index contributed by atoms with van der Waals surface area (Å²) in [6.07, 6.45) is 3.16. The molecule has 140 valence electrons. The molecule has 0 fully saturated rings. The van der Waals surface area contributed by atoms with Gasteiger partial charge >= 0.3 is 0 Å². The molecular formula is C20H15Cl2N5O. The van der Waals surface area contributed by atoms with E-state index in [4.69, 9.17) is 23.2 Å². The highest BCUT2D eigenvalue weighted by molar-refractivity contribution is 6.36. The third kappa shape index (κ3) is 3.56. The maximum absolute atomic E-state index is 11.4. The van der Waals surface area contributed by atoms with Crippen molar-refractivity contribution in [2.75, 3.05) is 5.32 Å². The summed E-state index contributed by atoms with van der Waals surface area (Å²) >= 11 is 12.6. The van der Waals surface area contributed by atoms with E-state index in [1.54, 1.807) is 36.7 Å². The van der Waals surface area contributed by atoms with Crippen LogP contribution in [0.15, 0.2) is 55.1 Å². The summed E-state index contributed by atoms with van der Waals surface area (Å²) in [5.74, 6) is 1.26. The average molecular weight is 412 g/mol. The predicted octanol–water partition coefficient (Wildman–Crippen LogP) is 5.08. The highest BCUT2D eigenvalue weighted by atomic mass is 35.5. The van der Waals surface area contributed by atoms with Gasteiger partial charge in [-0.3, -0.25) is 4.79 Å². The Kier molecular flexibility index (Phi) is 4.98. The van der Waals surface area contributed by atoms with Gasteiger partial charge in [0.25, 0.3) is 0 Å². The smallest absolute Gasteiger partial charge is 0.165 e. The first-order chi connectivity index (χ1) is 13.5. The van der Waals surface area contributed by atoms with E-state index in [0.717, 1.165) is 11.3 Å². The van der Waals surface area contributed by atoms with Crippen molar-refractivity contribution in [2.45, 2.75) is 13.5 Å². The lowest BCUT2D eigenvalue weighted by Crippen LogP contribution is -2.10. The SMILES string of the molecule is CC(=O)c1ccc(Nc2ncn(Cc3c(Cl)cccc3Cl)c3ncnc2-3)cc1. The van der Waals surface area contributed by atoms with Gasteiger partial charge in [0.15, 0.2) is 23.1 Å². The number of hydrogen-bond donors (Lipinski definition) is 1. The van der Waals surface area contributed by atoms with Crippen LogP contribution in [0.25, 0.3) is 11.5 Å². The lowest BCUT2D eigenvalue weighted by atomic mass is 10.1. The molecule has 6 nitrogen and oxygen atoms in total. The zero-order valence-corrected chi connectivity index (χ0v) is 16.4. The summed E-state index contributed by atoms with van der Waals surface area (Å²) < 4.78 is 1.85. The second-order valence-electron chi connectivity index (χ2n) is 6.23. The van der Waals surface area contributed by atoms with Gasteiger partial charge in [-0.05, 0) is 43.3 Å². The fourth-order valence-electron chi connectivity index (χ4n) is 2.87. The van der Waals surface area contributed by atoms with Gasteiger partial charge in [0.05, 0.1) is 12.9 Å². The van der Waals surface area contributed by atoms with Crippen molar-refractivity contribution in [1.29, 1.82) is 0 Å². The van der Waals surface area contributed by atoms with Gasteiger partial charge < -0.3 is 9.88 Å². The number of nitrogens with zero attached hydrogens (tertiary/aromatic N) is 4. The van der Waals surface area contributed by atoms with Gasteiger partial charge in [-0.1, -0.05) is 29.3 Å². The first kappa shape index (κ1) is 18.4. The Morgan fingerprint density at radius 2 is 1.75 bits per heavy atom. The van der Waals surface area contributed by atoms with E-state index in [2.05, 4.69) is 20.3 Å². The van der Waals surface area contributed by atoms with Crippen molar-refractivity contribution >= 4 is 40.5 Å². The minimum absolute atomic E-state index is 0.0213. The maximum Gasteiger partial charge on any atom is 0.165 e. The lowest BCUT2D eigenvalue weighted by molar-refractivity contribution is 0.101. The van der Waals surface area contributed by atoms with Crippen LogP contribution < -0.4 is 5.32 Å². The summed E-state index contributed by atoms with van der Waals surface area (Å²) in [4.78, 5) is 24.6. The van der Waals surface area contributed by atoms with Gasteiger partial charge in [0.2, 0.25) is 0 Å². The molecule has 1 N–H and O–H groups in total. The summed E-state index contributed by atoms with van der Waals surface area (Å²) in [5.41, 5.74) is 2.87. The van der Waals surface area contributed by atoms with Crippen molar-refractivity contribution in [1.82, 2.24) is 19.5 Å². The number of halogens is 2. The summed E-state index contributed by atoms with van der Waals surface area (Å²) in [5, 5.41) is 4.39. The van der Waals surface area contributed by atoms with Gasteiger partial charge in [-0.25, -0.2) is 15.0 Å². The maximum atomic E-state index is 11.4. The van der Waals surface area contributed by atoms with Crippen LogP contribution in [0, 0.1) is 0 Å². The molecule has 2 heterocycles. The first-order valence-corrected chi connectivity index (χ1v) is 9.25. The van der Waals surface area contributed by atoms with Crippen LogP contribution >= 0.6 is 23.2 Å². The molecule has 0 amide bonds. The standard InChI is InChI=1S/C20H15Cl2N5O/c1-12(28)13-5-7-14(8-6-13)26-19-18-20(24-10-23-18)27(11-25-19)9-15-16(21)3-2-4-17(15)22/h2-8,10-11,26H,9H2,1H3. The number of aromatic nitrogens is 4. The van der Waals surface area contributed by atoms with E-state index < -0.39 is 0 Å². The molecule has 0 unspecified atom stereocenters. The lowest BCUT2D eigenvalue weighted by Gasteiger charge is -2.15. The fraction of sp³-hybridized carbons (Fsp3) is 0.100. The monoisotopic (exact) mass is 411 g/mol. The Morgan fingerprint density at radius 3 is 2.43 bits per heavy atom. The molecule has 0 spiro atoms. The molecular weight excluding hydrogens is 397 g/mol. The number of anilines is 2. The molecule has 8 heteroatoms. The highest BCUT2D eigenvalue weighted by Gasteiger charge is 2.18. The van der Waals surface area contributed by atoms with Crippen LogP contribution in [0.5, 0.6) is 0 Å². The number of rotatable bonds is 5. The van der Waals surface area contributed by atoms with Crippen molar-refractivity contribution in [3.63, 3.8) is 0 Å². The van der Waals surface area contributed by atoms with Gasteiger partial charge in [0.1, 0.15) is 6.33 Å². The van der Waals surface area contributed by atoms with E-state index in [1.165, 1.54) is 13.3 Å². The van der Waals surface area contributed by atoms with Crippen LogP contribution in [0.3, 0.4) is 0 Å². The number of ketones is 1. The van der Waals surface area contributed by atoms with Crippen LogP contribution in [-0.2, 0) is 6.54 Å². The first-order valence-electron chi connectivity index (χ1n) is 8.49. The molecule has 2 aromatic rings. The minimum atomic E-state index is 0.0213. The molecule has 0 bridgehead atoms. The number of Topliss-reactive ketones (excluding diaryl/α,β-unsaturated/α-hetero) is 1. The van der Waals surface area contributed by atoms with E-state index in [1.807, 2.05) is 16.7 Å². The van der Waals surface area contributed by atoms with Crippen LogP contribution in [0.4, 0.5) is 11.5 Å². The Morgan fingerprint density at radius 1 is 1.04 bits per heavy atom. The Balaban J connectivity index is 1.65. The van der Waals surface area contributed by atoms with E-state index in [-0.39, 0.29) is 5.78 Å². The molecule has 2 aliphatic heterocycles. The molecule has 2 aliphatic rings. The topological polar surface area (TPSA) is 72.7 Å². The number of carbonyl (C=O) groups excluding carboxylic acids is 1. The van der Waals surface area contributed by atoms with Crippen LogP contribution in [0.2, 0.25) is 10.0 Å². The number of hydrogen-bond acceptors (Lipinski definition) is 5. The molecule has 4 rings (SSSR count). The third-order valence-corrected chi connectivity index (χ3v) is 5.05. The van der Waals surface area contributed by atoms with Gasteiger partial charge in [0, 0.05) is 26.9 Å². The van der Waals surface area contributed by atoms with Crippen molar-refractivity contribution in [3.05, 3.63) is 76.3 Å². The Labute approximate surface area is 171 Å². The summed E-state index contributed by atoms with van der Waals surface area (Å²) in [6, 6.07) is 12.6. The van der Waals surface area contributed by atoms with E-state index in [9.17, 15) is 4.79 Å². The van der Waals surface area contributed by atoms with Crippen molar-refractivity contribution < 1.29 is 4.79 Å². The van der Waals surface area contributed by atoms with Crippen molar-refractivity contribution in [3.8, 4) is 11.5 Å². The zero-order chi connectivity index (χ0) is 19.7. The predicted molar refractivity (Wildman–Crippen MR) is 110 cm³/mol. The highest BCUT2D eigenvalue weighted by Crippen LogP contribution is 2.30. The fourth-order valence-corrected chi connectivity index (χ4v) is 3.38. The van der Waals surface area contributed by atoms with Crippen LogP contribution in [-0.4, -0.2) is 25.3 Å². The number of carbonyl (C=O) groups is 1. The second-order valence-corrected chi connectivity index (χ2v) is 7.04. The normalized spacial score (nSPS) is 11.0. The molecule has 0 saturated carbocycles. The quantitative estimate of drug-likeness (QED) is 0.463. The second kappa shape index (κ2) is 7.58. The van der Waals surface area contributed by atoms with Crippen molar-refractivity contribution in [2.24, 2.45) is 0 Å². The third-order valence-electron chi connectivity index (χ3n) is 4.35. The zero-order valence-electron chi connectivity index (χ0n) is 14.9. The molecule has 0 radical (unpaired) electrons. The van der Waals surface area contributed by atoms with E-state index >= 15 is 0 Å². The molecule has 0 saturated heterocycles. The molecule has 0 aromatic heterocycles. The van der Waals surface area contributed by atoms with E-state index in [0.29, 0.717) is 39.5 Å². The molecule has 0 atom stereocenters. The largest absolute Gasteiger partial charge is 0.338 e. The Bertz CT molecular complexity index is 1100. The molecule has 2 aromatic carbocycles. The van der Waals surface area contributed by atoms with Gasteiger partial charge in [-0.15, -0.1) is 0 Å². The Hall–Kier alpha value is -2.96. The average Bonchev–Trinajstić information content (AvgIpc) is 3.17. The minimum Gasteiger partial charge on any atom is -0.338 e. The summed E-state index contributed by atoms with van der Waals surface area (Å²) in [6.45, 7) is 1.96. The number of imidazole rings is 1. The number of nitrogens with one attached hydrogen (secondary N) is 1. The van der Waals surface area contributed by atoms with Gasteiger partial charge in [-0.2, -0.15) is 0 Å². The number of fused-ring (bicyclic) bond motifs is 1. The van der Waals surface area contributed by atoms with Crippen LogP contribution in [0.1, 0.15) is 22.8 Å². The number of benzene rings is 2.